The van der Waals surface area contributed by atoms with Crippen LogP contribution in [-0.4, -0.2) is 62.2 Å². The molecule has 0 aromatic carbocycles. The Labute approximate surface area is 174 Å². The van der Waals surface area contributed by atoms with Crippen molar-refractivity contribution in [3.05, 3.63) is 0 Å². The number of hydrogen-bond acceptors (Lipinski definition) is 3. The molecule has 3 aliphatic rings. The van der Waals surface area contributed by atoms with Gasteiger partial charge in [-0.1, -0.05) is 19.3 Å². The van der Waals surface area contributed by atoms with Crippen LogP contribution in [0.3, 0.4) is 0 Å². The number of nitrogens with one attached hydrogen (secondary N) is 2. The molecule has 2 atom stereocenters. The molecule has 1 amide bonds. The Balaban J connectivity index is 0.00000243. The van der Waals surface area contributed by atoms with Crippen molar-refractivity contribution in [3.63, 3.8) is 0 Å². The van der Waals surface area contributed by atoms with Crippen molar-refractivity contribution >= 4 is 35.8 Å². The minimum Gasteiger partial charge on any atom is -0.378 e. The van der Waals surface area contributed by atoms with Crippen LogP contribution in [0.2, 0.25) is 0 Å². The topological polar surface area (TPSA) is 66.0 Å². The van der Waals surface area contributed by atoms with Crippen molar-refractivity contribution in [3.8, 4) is 0 Å². The van der Waals surface area contributed by atoms with Crippen LogP contribution < -0.4 is 10.6 Å². The number of aliphatic imine (C=N–C) groups is 1. The van der Waals surface area contributed by atoms with Crippen molar-refractivity contribution in [1.82, 2.24) is 15.5 Å². The van der Waals surface area contributed by atoms with E-state index >= 15 is 0 Å². The van der Waals surface area contributed by atoms with Gasteiger partial charge in [0.1, 0.15) is 6.54 Å². The fourth-order valence-corrected chi connectivity index (χ4v) is 4.49. The van der Waals surface area contributed by atoms with E-state index in [2.05, 4.69) is 22.5 Å². The van der Waals surface area contributed by atoms with E-state index < -0.39 is 0 Å². The van der Waals surface area contributed by atoms with E-state index in [1.165, 1.54) is 44.9 Å². The van der Waals surface area contributed by atoms with Gasteiger partial charge < -0.3 is 20.3 Å². The maximum atomic E-state index is 11.9. The molecule has 2 N–H and O–H groups in total. The second-order valence-corrected chi connectivity index (χ2v) is 8.04. The molecule has 3 fully saturated rings. The van der Waals surface area contributed by atoms with E-state index in [9.17, 15) is 4.79 Å². The molecule has 0 aromatic heterocycles. The summed E-state index contributed by atoms with van der Waals surface area (Å²) >= 11 is 0. The van der Waals surface area contributed by atoms with Crippen molar-refractivity contribution < 1.29 is 9.53 Å². The SMILES string of the molecule is CCOC1CC(NC(=NCC(=O)N(C)C)NC2CCCC2)C12CCC2.I. The summed E-state index contributed by atoms with van der Waals surface area (Å²) in [5.74, 6) is 0.847. The molecule has 0 aliphatic heterocycles. The average molecular weight is 478 g/mol. The van der Waals surface area contributed by atoms with Crippen LogP contribution in [0.25, 0.3) is 0 Å². The lowest BCUT2D eigenvalue weighted by molar-refractivity contribution is -0.168. The van der Waals surface area contributed by atoms with Crippen LogP contribution in [0.5, 0.6) is 0 Å². The third kappa shape index (κ3) is 4.64. The molecular weight excluding hydrogens is 443 g/mol. The quantitative estimate of drug-likeness (QED) is 0.350. The number of guanidine groups is 1. The first kappa shape index (κ1) is 21.7. The number of carbonyl (C=O) groups is 1. The minimum absolute atomic E-state index is 0. The zero-order valence-electron chi connectivity index (χ0n) is 16.4. The van der Waals surface area contributed by atoms with Crippen molar-refractivity contribution in [1.29, 1.82) is 0 Å². The molecule has 0 bridgehead atoms. The molecule has 0 saturated heterocycles. The maximum absolute atomic E-state index is 11.9. The van der Waals surface area contributed by atoms with E-state index in [4.69, 9.17) is 4.74 Å². The first-order chi connectivity index (χ1) is 12.0. The number of rotatable bonds is 6. The molecule has 3 rings (SSSR count). The molecule has 2 unspecified atom stereocenters. The highest BCUT2D eigenvalue weighted by Crippen LogP contribution is 2.57. The maximum Gasteiger partial charge on any atom is 0.243 e. The van der Waals surface area contributed by atoms with Crippen LogP contribution in [0.1, 0.15) is 58.3 Å². The predicted octanol–water partition coefficient (Wildman–Crippen LogP) is 2.52. The molecule has 0 aromatic rings. The summed E-state index contributed by atoms with van der Waals surface area (Å²) < 4.78 is 5.95. The van der Waals surface area contributed by atoms with Crippen molar-refractivity contribution in [2.45, 2.75) is 76.5 Å². The Bertz CT molecular complexity index is 502. The van der Waals surface area contributed by atoms with Gasteiger partial charge in [0.2, 0.25) is 5.91 Å². The monoisotopic (exact) mass is 478 g/mol. The summed E-state index contributed by atoms with van der Waals surface area (Å²) in [6, 6.07) is 0.903. The number of halogens is 1. The molecule has 0 heterocycles. The van der Waals surface area contributed by atoms with E-state index in [0.717, 1.165) is 19.0 Å². The van der Waals surface area contributed by atoms with Gasteiger partial charge >= 0.3 is 0 Å². The second-order valence-electron chi connectivity index (χ2n) is 8.04. The normalized spacial score (nSPS) is 27.3. The van der Waals surface area contributed by atoms with Crippen LogP contribution in [0.4, 0.5) is 0 Å². The molecule has 1 spiro atoms. The number of amides is 1. The smallest absolute Gasteiger partial charge is 0.243 e. The fourth-order valence-electron chi connectivity index (χ4n) is 4.49. The van der Waals surface area contributed by atoms with Gasteiger partial charge in [0.05, 0.1) is 6.10 Å². The molecule has 6 nitrogen and oxygen atoms in total. The Morgan fingerprint density at radius 2 is 1.88 bits per heavy atom. The number of hydrogen-bond donors (Lipinski definition) is 2. The van der Waals surface area contributed by atoms with Crippen LogP contribution in [0, 0.1) is 5.41 Å². The average Bonchev–Trinajstić information content (AvgIpc) is 3.02. The zero-order chi connectivity index (χ0) is 17.9. The first-order valence-electron chi connectivity index (χ1n) is 9.94. The molecule has 26 heavy (non-hydrogen) atoms. The number of likely N-dealkylation sites (N-methyl/N-ethyl adjacent to an activating group) is 1. The van der Waals surface area contributed by atoms with Gasteiger partial charge in [-0.15, -0.1) is 24.0 Å². The molecule has 7 heteroatoms. The Kier molecular flexibility index (Phi) is 8.00. The van der Waals surface area contributed by atoms with Gasteiger partial charge in [0.25, 0.3) is 0 Å². The fraction of sp³-hybridized carbons (Fsp3) is 0.895. The lowest BCUT2D eigenvalue weighted by atomic mass is 9.51. The number of ether oxygens (including phenoxy) is 1. The lowest BCUT2D eigenvalue weighted by Crippen LogP contribution is -2.69. The standard InChI is InChI=1S/C19H34N4O2.HI/c1-4-25-16-12-15(19(16)10-7-11-19)22-18(20-13-17(24)23(2)3)21-14-8-5-6-9-14;/h14-16H,4-13H2,1-3H3,(H2,20,21,22);1H. The zero-order valence-corrected chi connectivity index (χ0v) is 18.8. The highest BCUT2D eigenvalue weighted by Gasteiger charge is 2.59. The summed E-state index contributed by atoms with van der Waals surface area (Å²) in [5, 5.41) is 7.21. The van der Waals surface area contributed by atoms with Crippen molar-refractivity contribution in [2.75, 3.05) is 27.2 Å². The van der Waals surface area contributed by atoms with E-state index in [1.807, 2.05) is 0 Å². The Hall–Kier alpha value is -0.570. The highest BCUT2D eigenvalue weighted by atomic mass is 127. The van der Waals surface area contributed by atoms with Crippen LogP contribution >= 0.6 is 24.0 Å². The van der Waals surface area contributed by atoms with Gasteiger partial charge in [0.15, 0.2) is 5.96 Å². The van der Waals surface area contributed by atoms with E-state index in [0.29, 0.717) is 23.6 Å². The van der Waals surface area contributed by atoms with Gasteiger partial charge in [-0.2, -0.15) is 0 Å². The number of nitrogens with zero attached hydrogens (tertiary/aromatic N) is 2. The first-order valence-corrected chi connectivity index (χ1v) is 9.94. The highest BCUT2D eigenvalue weighted by molar-refractivity contribution is 14.0. The second kappa shape index (κ2) is 9.57. The summed E-state index contributed by atoms with van der Waals surface area (Å²) in [7, 11) is 3.55. The summed E-state index contributed by atoms with van der Waals surface area (Å²) in [6.45, 7) is 3.07. The van der Waals surface area contributed by atoms with Gasteiger partial charge in [-0.3, -0.25) is 4.79 Å². The van der Waals surface area contributed by atoms with Gasteiger partial charge in [0, 0.05) is 38.2 Å². The third-order valence-electron chi connectivity index (χ3n) is 6.32. The molecule has 3 saturated carbocycles. The van der Waals surface area contributed by atoms with Gasteiger partial charge in [-0.25, -0.2) is 4.99 Å². The summed E-state index contributed by atoms with van der Waals surface area (Å²) in [4.78, 5) is 18.1. The summed E-state index contributed by atoms with van der Waals surface area (Å²) in [5.41, 5.74) is 0.291. The number of carbonyl (C=O) groups excluding carboxylic acids is 1. The van der Waals surface area contributed by atoms with Crippen LogP contribution in [-0.2, 0) is 9.53 Å². The molecule has 150 valence electrons. The summed E-state index contributed by atoms with van der Waals surface area (Å²) in [6.07, 6.45) is 10.2. The lowest BCUT2D eigenvalue weighted by Gasteiger charge is -2.61. The van der Waals surface area contributed by atoms with Crippen LogP contribution in [0.15, 0.2) is 4.99 Å². The minimum atomic E-state index is 0. The van der Waals surface area contributed by atoms with Crippen molar-refractivity contribution in [2.24, 2.45) is 10.4 Å². The third-order valence-corrected chi connectivity index (χ3v) is 6.32. The molecular formula is C19H35IN4O2. The molecule has 3 aliphatic carbocycles. The van der Waals surface area contributed by atoms with E-state index in [-0.39, 0.29) is 36.4 Å². The predicted molar refractivity (Wildman–Crippen MR) is 115 cm³/mol. The Morgan fingerprint density at radius 1 is 1.19 bits per heavy atom. The Morgan fingerprint density at radius 3 is 2.42 bits per heavy atom. The van der Waals surface area contributed by atoms with E-state index in [1.54, 1.807) is 19.0 Å². The van der Waals surface area contributed by atoms with Gasteiger partial charge in [-0.05, 0) is 39.0 Å². The molecule has 0 radical (unpaired) electrons. The largest absolute Gasteiger partial charge is 0.378 e.